The van der Waals surface area contributed by atoms with Crippen LogP contribution in [0, 0.1) is 0 Å². The van der Waals surface area contributed by atoms with E-state index in [2.05, 4.69) is 29.4 Å². The van der Waals surface area contributed by atoms with E-state index in [1.165, 1.54) is 5.56 Å². The summed E-state index contributed by atoms with van der Waals surface area (Å²) in [6.07, 6.45) is 4.12. The first-order valence-electron chi connectivity index (χ1n) is 8.46. The number of aryl methyl sites for hydroxylation is 1. The number of fused-ring (bicyclic) bond motifs is 1. The van der Waals surface area contributed by atoms with E-state index in [-0.39, 0.29) is 12.1 Å². The average molecular weight is 329 g/mol. The fraction of sp³-hybridized carbons (Fsp3) is 0.143. The van der Waals surface area contributed by atoms with Crippen LogP contribution >= 0.6 is 0 Å². The topological polar surface area (TPSA) is 45.2 Å². The Morgan fingerprint density at radius 3 is 2.64 bits per heavy atom. The highest BCUT2D eigenvalue weighted by molar-refractivity contribution is 6.11. The molecule has 4 nitrogen and oxygen atoms in total. The van der Waals surface area contributed by atoms with Crippen molar-refractivity contribution in [1.82, 2.24) is 4.98 Å². The van der Waals surface area contributed by atoms with Crippen molar-refractivity contribution < 1.29 is 4.79 Å². The summed E-state index contributed by atoms with van der Waals surface area (Å²) in [4.78, 5) is 19.0. The molecule has 0 saturated heterocycles. The second-order valence-corrected chi connectivity index (χ2v) is 6.03. The second kappa shape index (κ2) is 6.40. The summed E-state index contributed by atoms with van der Waals surface area (Å²) in [6, 6.07) is 19.8. The van der Waals surface area contributed by atoms with Gasteiger partial charge in [0.25, 0.3) is 5.91 Å². The molecule has 1 amide bonds. The third-order valence-electron chi connectivity index (χ3n) is 4.58. The van der Waals surface area contributed by atoms with E-state index in [9.17, 15) is 4.79 Å². The van der Waals surface area contributed by atoms with Crippen LogP contribution in [0.5, 0.6) is 0 Å². The first-order valence-corrected chi connectivity index (χ1v) is 8.46. The Hall–Kier alpha value is -3.14. The molecule has 124 valence electrons. The lowest BCUT2D eigenvalue weighted by molar-refractivity contribution is 0.0993. The summed E-state index contributed by atoms with van der Waals surface area (Å²) in [5, 5.41) is 3.57. The number of anilines is 2. The molecule has 0 bridgehead atoms. The fourth-order valence-electron chi connectivity index (χ4n) is 3.34. The van der Waals surface area contributed by atoms with Crippen LogP contribution in [0.2, 0.25) is 0 Å². The molecule has 25 heavy (non-hydrogen) atoms. The van der Waals surface area contributed by atoms with Crippen LogP contribution in [0.3, 0.4) is 0 Å². The Bertz CT molecular complexity index is 908. The summed E-state index contributed by atoms with van der Waals surface area (Å²) in [5.74, 6) is -0.00456. The van der Waals surface area contributed by atoms with Crippen molar-refractivity contribution in [2.75, 3.05) is 10.2 Å². The summed E-state index contributed by atoms with van der Waals surface area (Å²) >= 11 is 0. The summed E-state index contributed by atoms with van der Waals surface area (Å²) in [7, 11) is 0. The van der Waals surface area contributed by atoms with Gasteiger partial charge in [0, 0.05) is 23.0 Å². The van der Waals surface area contributed by atoms with Crippen LogP contribution in [-0.4, -0.2) is 10.9 Å². The molecule has 1 unspecified atom stereocenters. The van der Waals surface area contributed by atoms with E-state index in [1.807, 2.05) is 48.5 Å². The molecule has 1 N–H and O–H groups in total. The third kappa shape index (κ3) is 2.66. The maximum absolute atomic E-state index is 13.0. The van der Waals surface area contributed by atoms with Gasteiger partial charge >= 0.3 is 0 Å². The first kappa shape index (κ1) is 15.4. The predicted molar refractivity (Wildman–Crippen MR) is 99.7 cm³/mol. The van der Waals surface area contributed by atoms with Gasteiger partial charge in [-0.15, -0.1) is 0 Å². The lowest BCUT2D eigenvalue weighted by Gasteiger charge is -2.27. The highest BCUT2D eigenvalue weighted by atomic mass is 16.2. The zero-order valence-electron chi connectivity index (χ0n) is 14.0. The van der Waals surface area contributed by atoms with Gasteiger partial charge in [-0.2, -0.15) is 0 Å². The number of carbonyl (C=O) groups is 1. The van der Waals surface area contributed by atoms with Crippen LogP contribution in [0.15, 0.2) is 73.1 Å². The fourth-order valence-corrected chi connectivity index (χ4v) is 3.34. The van der Waals surface area contributed by atoms with E-state index in [0.29, 0.717) is 0 Å². The number of pyridine rings is 1. The van der Waals surface area contributed by atoms with Crippen molar-refractivity contribution in [1.29, 1.82) is 0 Å². The molecule has 0 radical (unpaired) electrons. The van der Waals surface area contributed by atoms with Gasteiger partial charge in [-0.25, -0.2) is 0 Å². The number of hydrogen-bond donors (Lipinski definition) is 1. The number of carbonyl (C=O) groups excluding carboxylic acids is 1. The summed E-state index contributed by atoms with van der Waals surface area (Å²) in [6.45, 7) is 2.13. The molecule has 1 aliphatic heterocycles. The van der Waals surface area contributed by atoms with Crippen molar-refractivity contribution in [3.63, 3.8) is 0 Å². The number of amides is 1. The molecule has 3 aromatic rings. The van der Waals surface area contributed by atoms with Gasteiger partial charge in [-0.05, 0) is 36.2 Å². The van der Waals surface area contributed by atoms with Gasteiger partial charge in [-0.1, -0.05) is 43.3 Å². The van der Waals surface area contributed by atoms with Gasteiger partial charge in [0.05, 0.1) is 11.9 Å². The molecule has 0 saturated carbocycles. The quantitative estimate of drug-likeness (QED) is 0.771. The van der Waals surface area contributed by atoms with Gasteiger partial charge < -0.3 is 5.32 Å². The monoisotopic (exact) mass is 329 g/mol. The summed E-state index contributed by atoms with van der Waals surface area (Å²) < 4.78 is 0. The average Bonchev–Trinajstić information content (AvgIpc) is 2.95. The van der Waals surface area contributed by atoms with Crippen LogP contribution in [0.4, 0.5) is 11.4 Å². The third-order valence-corrected chi connectivity index (χ3v) is 4.58. The van der Waals surface area contributed by atoms with Crippen LogP contribution < -0.4 is 10.2 Å². The Morgan fingerprint density at radius 2 is 1.84 bits per heavy atom. The molecule has 4 rings (SSSR count). The molecule has 0 aliphatic carbocycles. The van der Waals surface area contributed by atoms with Crippen molar-refractivity contribution in [2.24, 2.45) is 0 Å². The smallest absolute Gasteiger partial charge is 0.260 e. The van der Waals surface area contributed by atoms with Crippen molar-refractivity contribution in [2.45, 2.75) is 19.5 Å². The molecule has 4 heteroatoms. The van der Waals surface area contributed by atoms with Gasteiger partial charge in [0.2, 0.25) is 0 Å². The summed E-state index contributed by atoms with van der Waals surface area (Å²) in [5.41, 5.74) is 4.79. The van der Waals surface area contributed by atoms with E-state index in [4.69, 9.17) is 0 Å². The number of rotatable bonds is 4. The molecule has 1 aliphatic rings. The molecule has 2 heterocycles. The minimum Gasteiger partial charge on any atom is -0.361 e. The zero-order valence-corrected chi connectivity index (χ0v) is 14.0. The number of nitrogens with one attached hydrogen (secondary N) is 1. The predicted octanol–water partition coefficient (Wildman–Crippen LogP) is 4.42. The normalized spacial score (nSPS) is 16.0. The standard InChI is InChI=1S/C21H19N3O/c1-2-15-8-3-6-12-19(15)23-20-17-10-4-5-11-18(17)21(25)24(20)16-9-7-13-22-14-16/h3-14,20,23H,2H2,1H3. The van der Waals surface area contributed by atoms with E-state index < -0.39 is 0 Å². The number of hydrogen-bond acceptors (Lipinski definition) is 3. The molecule has 1 atom stereocenters. The maximum Gasteiger partial charge on any atom is 0.260 e. The van der Waals surface area contributed by atoms with E-state index >= 15 is 0 Å². The lowest BCUT2D eigenvalue weighted by atomic mass is 10.1. The Labute approximate surface area is 147 Å². The number of nitrogens with zero attached hydrogens (tertiary/aromatic N) is 2. The highest BCUT2D eigenvalue weighted by Gasteiger charge is 2.37. The van der Waals surface area contributed by atoms with Gasteiger partial charge in [0.1, 0.15) is 6.17 Å². The Balaban J connectivity index is 1.80. The maximum atomic E-state index is 13.0. The minimum absolute atomic E-state index is 0.00456. The van der Waals surface area contributed by atoms with E-state index in [1.54, 1.807) is 17.3 Å². The zero-order chi connectivity index (χ0) is 17.2. The molecule has 0 spiro atoms. The number of aromatic nitrogens is 1. The van der Waals surface area contributed by atoms with Crippen LogP contribution in [-0.2, 0) is 6.42 Å². The number of para-hydroxylation sites is 1. The molecule has 0 fully saturated rings. The van der Waals surface area contributed by atoms with Crippen LogP contribution in [0.25, 0.3) is 0 Å². The molecule has 1 aromatic heterocycles. The second-order valence-electron chi connectivity index (χ2n) is 6.03. The Morgan fingerprint density at radius 1 is 1.04 bits per heavy atom. The minimum atomic E-state index is -0.249. The van der Waals surface area contributed by atoms with E-state index in [0.717, 1.165) is 28.9 Å². The highest BCUT2D eigenvalue weighted by Crippen LogP contribution is 2.38. The van der Waals surface area contributed by atoms with Crippen molar-refractivity contribution >= 4 is 17.3 Å². The Kier molecular flexibility index (Phi) is 3.94. The van der Waals surface area contributed by atoms with Crippen molar-refractivity contribution in [3.05, 3.63) is 89.7 Å². The SMILES string of the molecule is CCc1ccccc1NC1c2ccccc2C(=O)N1c1cccnc1. The van der Waals surface area contributed by atoms with Crippen LogP contribution in [0.1, 0.15) is 34.6 Å². The molecular formula is C21H19N3O. The van der Waals surface area contributed by atoms with Crippen molar-refractivity contribution in [3.8, 4) is 0 Å². The number of benzene rings is 2. The first-order chi connectivity index (χ1) is 12.3. The van der Waals surface area contributed by atoms with Gasteiger partial charge in [-0.3, -0.25) is 14.7 Å². The largest absolute Gasteiger partial charge is 0.361 e. The molecule has 2 aromatic carbocycles. The van der Waals surface area contributed by atoms with Gasteiger partial charge in [0.15, 0.2) is 0 Å². The lowest BCUT2D eigenvalue weighted by Crippen LogP contribution is -2.32. The molecular weight excluding hydrogens is 310 g/mol.